The van der Waals surface area contributed by atoms with Gasteiger partial charge in [0, 0.05) is 0 Å². The lowest BCUT2D eigenvalue weighted by Gasteiger charge is -2.23. The molecule has 0 radical (unpaired) electrons. The minimum absolute atomic E-state index is 0.0448. The molecular weight excluding hydrogens is 248 g/mol. The molecule has 8 heteroatoms. The second-order valence-electron chi connectivity index (χ2n) is 4.20. The van der Waals surface area contributed by atoms with Crippen LogP contribution in [0.5, 0.6) is 0 Å². The van der Waals surface area contributed by atoms with Crippen molar-refractivity contribution < 1.29 is 22.7 Å². The second kappa shape index (κ2) is 4.91. The van der Waals surface area contributed by atoms with Gasteiger partial charge in [-0.15, -0.1) is 0 Å². The van der Waals surface area contributed by atoms with Crippen LogP contribution in [0.4, 0.5) is 9.59 Å². The van der Waals surface area contributed by atoms with E-state index in [1.807, 2.05) is 5.32 Å². The Kier molecular flexibility index (Phi) is 3.97. The van der Waals surface area contributed by atoms with Crippen molar-refractivity contribution in [2.75, 3.05) is 18.1 Å². The number of carbonyl (C=O) groups is 2. The van der Waals surface area contributed by atoms with Crippen LogP contribution >= 0.6 is 0 Å². The molecule has 7 nitrogen and oxygen atoms in total. The molecule has 1 fully saturated rings. The van der Waals surface area contributed by atoms with Crippen molar-refractivity contribution in [1.29, 1.82) is 0 Å². The van der Waals surface area contributed by atoms with Crippen molar-refractivity contribution in [2.45, 2.75) is 25.8 Å². The van der Waals surface area contributed by atoms with Crippen LogP contribution in [-0.4, -0.2) is 44.2 Å². The average molecular weight is 264 g/mol. The summed E-state index contributed by atoms with van der Waals surface area (Å²) in [5, 5.41) is 4.42. The normalized spacial score (nSPS) is 26.2. The van der Waals surface area contributed by atoms with Crippen LogP contribution in [0.3, 0.4) is 0 Å². The van der Waals surface area contributed by atoms with E-state index in [9.17, 15) is 18.0 Å². The third kappa shape index (κ3) is 4.22. The lowest BCUT2D eigenvalue weighted by molar-refractivity contribution is 0.152. The topological polar surface area (TPSA) is 102 Å². The van der Waals surface area contributed by atoms with Crippen molar-refractivity contribution >= 4 is 22.0 Å². The highest BCUT2D eigenvalue weighted by molar-refractivity contribution is 7.91. The lowest BCUT2D eigenvalue weighted by Crippen LogP contribution is -2.52. The van der Waals surface area contributed by atoms with Crippen molar-refractivity contribution in [3.8, 4) is 0 Å². The molecule has 98 valence electrons. The fourth-order valence-corrected chi connectivity index (χ4v) is 3.77. The molecular formula is C9H16N2O5S. The van der Waals surface area contributed by atoms with Gasteiger partial charge in [0.15, 0.2) is 9.84 Å². The number of carbonyl (C=O) groups excluding carboxylic acids is 2. The Morgan fingerprint density at radius 2 is 2.06 bits per heavy atom. The van der Waals surface area contributed by atoms with E-state index in [1.54, 1.807) is 13.8 Å². The monoisotopic (exact) mass is 264 g/mol. The van der Waals surface area contributed by atoms with Crippen LogP contribution < -0.4 is 10.6 Å². The van der Waals surface area contributed by atoms with Crippen LogP contribution in [0.15, 0.2) is 0 Å². The standard InChI is InChI=1S/C9H16N2O5S/c1-3-16-8(13)10-7(12)11-9(2)4-5-17(14,15)6-9/h3-6H2,1-2H3,(H2,10,11,12,13). The molecule has 0 aromatic rings. The van der Waals surface area contributed by atoms with E-state index in [-0.39, 0.29) is 18.1 Å². The Labute approximate surface area is 99.8 Å². The van der Waals surface area contributed by atoms with Crippen LogP contribution in [0.25, 0.3) is 0 Å². The molecule has 1 rings (SSSR count). The third-order valence-electron chi connectivity index (χ3n) is 2.41. The first-order valence-corrected chi connectivity index (χ1v) is 7.05. The van der Waals surface area contributed by atoms with Crippen molar-refractivity contribution in [3.63, 3.8) is 0 Å². The fraction of sp³-hybridized carbons (Fsp3) is 0.778. The maximum absolute atomic E-state index is 11.4. The van der Waals surface area contributed by atoms with Gasteiger partial charge in [-0.3, -0.25) is 0 Å². The van der Waals surface area contributed by atoms with Gasteiger partial charge >= 0.3 is 12.1 Å². The van der Waals surface area contributed by atoms with E-state index in [0.29, 0.717) is 6.42 Å². The van der Waals surface area contributed by atoms with Gasteiger partial charge in [0.2, 0.25) is 0 Å². The Morgan fingerprint density at radius 1 is 1.41 bits per heavy atom. The molecule has 0 saturated carbocycles. The van der Waals surface area contributed by atoms with Crippen LogP contribution in [0.1, 0.15) is 20.3 Å². The number of imide groups is 1. The number of urea groups is 1. The van der Waals surface area contributed by atoms with E-state index in [4.69, 9.17) is 0 Å². The van der Waals surface area contributed by atoms with E-state index in [1.165, 1.54) is 0 Å². The summed E-state index contributed by atoms with van der Waals surface area (Å²) in [5.74, 6) is -0.0700. The predicted octanol–water partition coefficient (Wildman–Crippen LogP) is 0.0193. The highest BCUT2D eigenvalue weighted by Crippen LogP contribution is 2.22. The van der Waals surface area contributed by atoms with E-state index >= 15 is 0 Å². The van der Waals surface area contributed by atoms with Crippen molar-refractivity contribution in [1.82, 2.24) is 10.6 Å². The highest BCUT2D eigenvalue weighted by Gasteiger charge is 2.39. The smallest absolute Gasteiger partial charge is 0.415 e. The van der Waals surface area contributed by atoms with E-state index in [2.05, 4.69) is 10.1 Å². The summed E-state index contributed by atoms with van der Waals surface area (Å²) >= 11 is 0. The van der Waals surface area contributed by atoms with Gasteiger partial charge in [-0.25, -0.2) is 23.3 Å². The number of ether oxygens (including phenoxy) is 1. The number of nitrogens with one attached hydrogen (secondary N) is 2. The Balaban J connectivity index is 2.49. The van der Waals surface area contributed by atoms with Gasteiger partial charge in [-0.1, -0.05) is 0 Å². The Morgan fingerprint density at radius 3 is 2.53 bits per heavy atom. The highest BCUT2D eigenvalue weighted by atomic mass is 32.2. The van der Waals surface area contributed by atoms with Crippen LogP contribution in [-0.2, 0) is 14.6 Å². The van der Waals surface area contributed by atoms with Gasteiger partial charge in [-0.2, -0.15) is 0 Å². The molecule has 1 heterocycles. The number of amides is 3. The summed E-state index contributed by atoms with van der Waals surface area (Å²) in [4.78, 5) is 22.3. The largest absolute Gasteiger partial charge is 0.450 e. The lowest BCUT2D eigenvalue weighted by atomic mass is 10.0. The Bertz CT molecular complexity index is 419. The molecule has 0 aromatic carbocycles. The summed E-state index contributed by atoms with van der Waals surface area (Å²) < 4.78 is 27.1. The molecule has 1 aliphatic rings. The van der Waals surface area contributed by atoms with Crippen molar-refractivity contribution in [3.05, 3.63) is 0 Å². The maximum atomic E-state index is 11.4. The number of hydrogen-bond acceptors (Lipinski definition) is 5. The van der Waals surface area contributed by atoms with Gasteiger partial charge < -0.3 is 10.1 Å². The SMILES string of the molecule is CCOC(=O)NC(=O)NC1(C)CCS(=O)(=O)C1. The minimum Gasteiger partial charge on any atom is -0.450 e. The number of sulfone groups is 1. The summed E-state index contributed by atoms with van der Waals surface area (Å²) in [6, 6.07) is -0.747. The first-order valence-electron chi connectivity index (χ1n) is 5.23. The molecule has 0 aromatic heterocycles. The fourth-order valence-electron chi connectivity index (χ4n) is 1.67. The molecule has 0 bridgehead atoms. The predicted molar refractivity (Wildman–Crippen MR) is 60.4 cm³/mol. The summed E-state index contributed by atoms with van der Waals surface area (Å²) in [6.07, 6.45) is -0.513. The maximum Gasteiger partial charge on any atom is 0.415 e. The first kappa shape index (κ1) is 13.8. The van der Waals surface area contributed by atoms with Gasteiger partial charge in [0.25, 0.3) is 0 Å². The zero-order chi connectivity index (χ0) is 13.1. The number of alkyl carbamates (subject to hydrolysis) is 1. The molecule has 3 amide bonds. The molecule has 17 heavy (non-hydrogen) atoms. The molecule has 0 aliphatic carbocycles. The molecule has 1 aliphatic heterocycles. The van der Waals surface area contributed by atoms with Crippen LogP contribution in [0.2, 0.25) is 0 Å². The van der Waals surface area contributed by atoms with Gasteiger partial charge in [-0.05, 0) is 20.3 Å². The van der Waals surface area contributed by atoms with Gasteiger partial charge in [0.05, 0.1) is 23.7 Å². The molecule has 2 N–H and O–H groups in total. The van der Waals surface area contributed by atoms with Gasteiger partial charge in [0.1, 0.15) is 0 Å². The first-order chi connectivity index (χ1) is 7.76. The molecule has 1 unspecified atom stereocenters. The summed E-state index contributed by atoms with van der Waals surface area (Å²) in [5.41, 5.74) is -0.824. The zero-order valence-electron chi connectivity index (χ0n) is 9.78. The molecule has 0 spiro atoms. The van der Waals surface area contributed by atoms with E-state index in [0.717, 1.165) is 0 Å². The number of rotatable bonds is 2. The summed E-state index contributed by atoms with van der Waals surface area (Å²) in [6.45, 7) is 3.40. The third-order valence-corrected chi connectivity index (χ3v) is 4.31. The summed E-state index contributed by atoms with van der Waals surface area (Å²) in [7, 11) is -3.10. The molecule has 1 saturated heterocycles. The number of hydrogen-bond donors (Lipinski definition) is 2. The average Bonchev–Trinajstić information content (AvgIpc) is 2.39. The van der Waals surface area contributed by atoms with E-state index < -0.39 is 27.5 Å². The zero-order valence-corrected chi connectivity index (χ0v) is 10.6. The van der Waals surface area contributed by atoms with Crippen LogP contribution in [0, 0.1) is 0 Å². The van der Waals surface area contributed by atoms with Crippen molar-refractivity contribution in [2.24, 2.45) is 0 Å². The Hall–Kier alpha value is -1.31. The minimum atomic E-state index is -3.10. The quantitative estimate of drug-likeness (QED) is 0.732. The molecule has 1 atom stereocenters. The second-order valence-corrected chi connectivity index (χ2v) is 6.39.